The average molecular weight is 324 g/mol. The number of hydrogen-bond acceptors (Lipinski definition) is 4. The highest BCUT2D eigenvalue weighted by atomic mass is 19.1. The zero-order chi connectivity index (χ0) is 16.7. The van der Waals surface area contributed by atoms with Gasteiger partial charge in [0.1, 0.15) is 12.1 Å². The van der Waals surface area contributed by atoms with Gasteiger partial charge in [-0.15, -0.1) is 0 Å². The van der Waals surface area contributed by atoms with Gasteiger partial charge in [-0.3, -0.25) is 14.2 Å². The van der Waals surface area contributed by atoms with E-state index in [0.29, 0.717) is 17.0 Å². The first-order chi connectivity index (χ1) is 11.6. The smallest absolute Gasteiger partial charge is 0.290 e. The molecule has 4 aromatic rings. The Kier molecular flexibility index (Phi) is 3.23. The summed E-state index contributed by atoms with van der Waals surface area (Å²) in [6, 6.07) is 7.97. The molecule has 0 bridgehead atoms. The molecule has 0 spiro atoms. The fourth-order valence-electron chi connectivity index (χ4n) is 2.59. The van der Waals surface area contributed by atoms with Gasteiger partial charge in [-0.05, 0) is 23.8 Å². The van der Waals surface area contributed by atoms with E-state index >= 15 is 0 Å². The van der Waals surface area contributed by atoms with E-state index in [9.17, 15) is 9.18 Å². The van der Waals surface area contributed by atoms with E-state index in [1.807, 2.05) is 6.07 Å². The van der Waals surface area contributed by atoms with E-state index in [4.69, 9.17) is 0 Å². The number of nitrogens with zero attached hydrogens (tertiary/aromatic N) is 5. The van der Waals surface area contributed by atoms with Crippen molar-refractivity contribution in [3.05, 3.63) is 65.0 Å². The fourth-order valence-corrected chi connectivity index (χ4v) is 2.59. The molecule has 3 heterocycles. The minimum Gasteiger partial charge on any atom is -0.290 e. The van der Waals surface area contributed by atoms with E-state index < -0.39 is 0 Å². The lowest BCUT2D eigenvalue weighted by molar-refractivity contribution is 0.628. The number of hydrogen-bond donors (Lipinski definition) is 1. The first-order valence-electron chi connectivity index (χ1n) is 7.29. The molecule has 24 heavy (non-hydrogen) atoms. The molecule has 0 radical (unpaired) electrons. The highest BCUT2D eigenvalue weighted by Crippen LogP contribution is 2.22. The van der Waals surface area contributed by atoms with Gasteiger partial charge in [0.05, 0.1) is 12.1 Å². The number of aromatic amines is 1. The van der Waals surface area contributed by atoms with Crippen molar-refractivity contribution in [3.63, 3.8) is 0 Å². The molecule has 0 aliphatic heterocycles. The monoisotopic (exact) mass is 324 g/mol. The summed E-state index contributed by atoms with van der Waals surface area (Å²) in [4.78, 5) is 23.4. The van der Waals surface area contributed by atoms with Crippen LogP contribution in [-0.2, 0) is 13.6 Å². The zero-order valence-corrected chi connectivity index (χ0v) is 12.8. The van der Waals surface area contributed by atoms with Gasteiger partial charge >= 0.3 is 5.69 Å². The second kappa shape index (κ2) is 5.41. The number of rotatable bonds is 3. The summed E-state index contributed by atoms with van der Waals surface area (Å²) in [6.45, 7) is 0.244. The van der Waals surface area contributed by atoms with Crippen molar-refractivity contribution in [2.75, 3.05) is 0 Å². The molecule has 0 saturated heterocycles. The van der Waals surface area contributed by atoms with Crippen LogP contribution in [-0.4, -0.2) is 29.3 Å². The third kappa shape index (κ3) is 2.47. The quantitative estimate of drug-likeness (QED) is 0.622. The summed E-state index contributed by atoms with van der Waals surface area (Å²) in [7, 11) is 1.77. The number of aryl methyl sites for hydroxylation is 1. The molecule has 8 heteroatoms. The van der Waals surface area contributed by atoms with E-state index in [1.165, 1.54) is 16.7 Å². The first kappa shape index (κ1) is 14.3. The minimum atomic E-state index is -0.299. The molecule has 3 aromatic heterocycles. The van der Waals surface area contributed by atoms with E-state index in [0.717, 1.165) is 11.1 Å². The standard InChI is InChI=1S/C16H13FN6O/c1-22-9-19-14(21-22)8-23-13-6-11(7-18-15(13)20-16(23)24)10-2-4-12(17)5-3-10/h2-7,9H,8H2,1H3,(H,18,20,24). The summed E-state index contributed by atoms with van der Waals surface area (Å²) < 4.78 is 16.2. The SMILES string of the molecule is Cn1cnc(Cn2c(=O)[nH]c3ncc(-c4ccc(F)cc4)cc32)n1. The molecular weight excluding hydrogens is 311 g/mol. The lowest BCUT2D eigenvalue weighted by atomic mass is 10.1. The third-order valence-corrected chi connectivity index (χ3v) is 3.75. The van der Waals surface area contributed by atoms with Crippen molar-refractivity contribution in [1.82, 2.24) is 29.3 Å². The molecular formula is C16H13FN6O. The predicted molar refractivity (Wildman–Crippen MR) is 85.9 cm³/mol. The number of fused-ring (bicyclic) bond motifs is 1. The number of imidazole rings is 1. The number of nitrogens with one attached hydrogen (secondary N) is 1. The molecule has 0 fully saturated rings. The highest BCUT2D eigenvalue weighted by molar-refractivity contribution is 5.78. The van der Waals surface area contributed by atoms with Gasteiger partial charge in [-0.25, -0.2) is 19.2 Å². The number of aromatic nitrogens is 6. The van der Waals surface area contributed by atoms with Crippen LogP contribution in [0.2, 0.25) is 0 Å². The molecule has 0 aliphatic carbocycles. The first-order valence-corrected chi connectivity index (χ1v) is 7.29. The Morgan fingerprint density at radius 1 is 1.17 bits per heavy atom. The molecule has 0 amide bonds. The van der Waals surface area contributed by atoms with Crippen LogP contribution < -0.4 is 5.69 Å². The molecule has 0 unspecified atom stereocenters. The molecule has 1 aromatic carbocycles. The van der Waals surface area contributed by atoms with Gasteiger partial charge < -0.3 is 0 Å². The Morgan fingerprint density at radius 2 is 1.96 bits per heavy atom. The molecule has 0 atom stereocenters. The van der Waals surface area contributed by atoms with Crippen LogP contribution in [0, 0.1) is 5.82 Å². The maximum Gasteiger partial charge on any atom is 0.328 e. The van der Waals surface area contributed by atoms with Crippen LogP contribution in [0.25, 0.3) is 22.3 Å². The van der Waals surface area contributed by atoms with Crippen molar-refractivity contribution in [2.45, 2.75) is 6.54 Å². The van der Waals surface area contributed by atoms with Crippen molar-refractivity contribution < 1.29 is 4.39 Å². The molecule has 1 N–H and O–H groups in total. The van der Waals surface area contributed by atoms with Gasteiger partial charge in [-0.2, -0.15) is 5.10 Å². The van der Waals surface area contributed by atoms with Gasteiger partial charge in [0.15, 0.2) is 11.5 Å². The van der Waals surface area contributed by atoms with E-state index in [2.05, 4.69) is 20.1 Å². The highest BCUT2D eigenvalue weighted by Gasteiger charge is 2.12. The molecule has 0 aliphatic rings. The summed E-state index contributed by atoms with van der Waals surface area (Å²) in [5.74, 6) is 0.236. The second-order valence-electron chi connectivity index (χ2n) is 5.45. The summed E-state index contributed by atoms with van der Waals surface area (Å²) in [5.41, 5.74) is 2.48. The number of halogens is 1. The second-order valence-corrected chi connectivity index (χ2v) is 5.45. The number of pyridine rings is 1. The van der Waals surface area contributed by atoms with Crippen LogP contribution in [0.4, 0.5) is 4.39 Å². The lowest BCUT2D eigenvalue weighted by Crippen LogP contribution is -2.18. The number of benzene rings is 1. The van der Waals surface area contributed by atoms with E-state index in [-0.39, 0.29) is 18.1 Å². The summed E-state index contributed by atoms with van der Waals surface area (Å²) in [5, 5.41) is 4.19. The van der Waals surface area contributed by atoms with Gasteiger partial charge in [0.2, 0.25) is 0 Å². The van der Waals surface area contributed by atoms with Gasteiger partial charge in [0, 0.05) is 18.8 Å². The Balaban J connectivity index is 1.81. The Bertz CT molecular complexity index is 1080. The molecule has 0 saturated carbocycles. The Hall–Kier alpha value is -3.29. The maximum atomic E-state index is 13.1. The molecule has 7 nitrogen and oxygen atoms in total. The van der Waals surface area contributed by atoms with Crippen LogP contribution in [0.1, 0.15) is 5.82 Å². The molecule has 4 rings (SSSR count). The van der Waals surface area contributed by atoms with Crippen molar-refractivity contribution in [1.29, 1.82) is 0 Å². The van der Waals surface area contributed by atoms with Crippen LogP contribution >= 0.6 is 0 Å². The zero-order valence-electron chi connectivity index (χ0n) is 12.8. The third-order valence-electron chi connectivity index (χ3n) is 3.75. The minimum absolute atomic E-state index is 0.244. The number of H-pyrrole nitrogens is 1. The average Bonchev–Trinajstić information content (AvgIpc) is 3.12. The van der Waals surface area contributed by atoms with Crippen molar-refractivity contribution in [2.24, 2.45) is 7.05 Å². The van der Waals surface area contributed by atoms with Crippen LogP contribution in [0.15, 0.2) is 47.7 Å². The fraction of sp³-hybridized carbons (Fsp3) is 0.125. The van der Waals surface area contributed by atoms with E-state index in [1.54, 1.807) is 36.4 Å². The molecule has 120 valence electrons. The Morgan fingerprint density at radius 3 is 2.67 bits per heavy atom. The summed E-state index contributed by atoms with van der Waals surface area (Å²) >= 11 is 0. The van der Waals surface area contributed by atoms with Crippen LogP contribution in [0.3, 0.4) is 0 Å². The lowest BCUT2D eigenvalue weighted by Gasteiger charge is -2.03. The largest absolute Gasteiger partial charge is 0.328 e. The topological polar surface area (TPSA) is 81.4 Å². The maximum absolute atomic E-state index is 13.1. The Labute approximate surface area is 135 Å². The van der Waals surface area contributed by atoms with Crippen molar-refractivity contribution in [3.8, 4) is 11.1 Å². The summed E-state index contributed by atoms with van der Waals surface area (Å²) in [6.07, 6.45) is 3.23. The van der Waals surface area contributed by atoms with Crippen molar-refractivity contribution >= 4 is 11.2 Å². The normalized spacial score (nSPS) is 11.2. The van der Waals surface area contributed by atoms with Gasteiger partial charge in [-0.1, -0.05) is 12.1 Å². The van der Waals surface area contributed by atoms with Crippen LogP contribution in [0.5, 0.6) is 0 Å². The predicted octanol–water partition coefficient (Wildman–Crippen LogP) is 1.71. The van der Waals surface area contributed by atoms with Gasteiger partial charge in [0.25, 0.3) is 0 Å².